The number of aliphatic hydroxyl groups is 1. The highest BCUT2D eigenvalue weighted by molar-refractivity contribution is 8.00. The van der Waals surface area contributed by atoms with Gasteiger partial charge in [-0.25, -0.2) is 4.39 Å². The van der Waals surface area contributed by atoms with Crippen LogP contribution < -0.4 is 5.32 Å². The normalized spacial score (nSPS) is 12.2. The van der Waals surface area contributed by atoms with Crippen molar-refractivity contribution in [2.75, 3.05) is 12.4 Å². The van der Waals surface area contributed by atoms with E-state index in [9.17, 15) is 9.18 Å². The molecule has 0 aromatic heterocycles. The molecule has 1 atom stereocenters. The summed E-state index contributed by atoms with van der Waals surface area (Å²) in [6.45, 7) is 1.65. The van der Waals surface area contributed by atoms with Crippen LogP contribution in [0.2, 0.25) is 0 Å². The van der Waals surface area contributed by atoms with Crippen molar-refractivity contribution in [2.45, 2.75) is 17.9 Å². The van der Waals surface area contributed by atoms with Gasteiger partial charge in [-0.2, -0.15) is 0 Å². The Morgan fingerprint density at radius 3 is 2.69 bits per heavy atom. The van der Waals surface area contributed by atoms with Gasteiger partial charge in [0, 0.05) is 10.9 Å². The molecule has 88 valence electrons. The van der Waals surface area contributed by atoms with Crippen LogP contribution in [0, 0.1) is 5.82 Å². The van der Waals surface area contributed by atoms with Gasteiger partial charge in [0.2, 0.25) is 5.91 Å². The number of hydrogen-bond donors (Lipinski definition) is 2. The molecular formula is C11H14FNO2S. The van der Waals surface area contributed by atoms with Gasteiger partial charge >= 0.3 is 0 Å². The first-order chi connectivity index (χ1) is 7.61. The number of amides is 1. The van der Waals surface area contributed by atoms with Crippen molar-refractivity contribution in [3.05, 3.63) is 30.1 Å². The zero-order valence-electron chi connectivity index (χ0n) is 8.94. The topological polar surface area (TPSA) is 49.3 Å². The van der Waals surface area contributed by atoms with Gasteiger partial charge in [0.25, 0.3) is 0 Å². The van der Waals surface area contributed by atoms with Crippen LogP contribution in [0.3, 0.4) is 0 Å². The first-order valence-electron chi connectivity index (χ1n) is 4.90. The van der Waals surface area contributed by atoms with E-state index in [2.05, 4.69) is 5.32 Å². The van der Waals surface area contributed by atoms with Crippen LogP contribution in [0.15, 0.2) is 29.2 Å². The second-order valence-electron chi connectivity index (χ2n) is 3.39. The molecule has 0 aliphatic heterocycles. The Bertz CT molecular complexity index is 342. The van der Waals surface area contributed by atoms with Crippen molar-refractivity contribution >= 4 is 17.7 Å². The summed E-state index contributed by atoms with van der Waals surface area (Å²) >= 11 is 1.33. The van der Waals surface area contributed by atoms with Crippen LogP contribution in [0.4, 0.5) is 4.39 Å². The fourth-order valence-electron chi connectivity index (χ4n) is 1.04. The maximum Gasteiger partial charge on any atom is 0.230 e. The molecule has 0 aliphatic carbocycles. The lowest BCUT2D eigenvalue weighted by molar-refractivity contribution is -0.119. The Kier molecular flexibility index (Phi) is 5.28. The van der Waals surface area contributed by atoms with Crippen LogP contribution in [0.25, 0.3) is 0 Å². The third-order valence-corrected chi connectivity index (χ3v) is 2.88. The molecule has 1 unspecified atom stereocenters. The molecule has 5 heteroatoms. The number of aliphatic hydroxyl groups excluding tert-OH is 1. The van der Waals surface area contributed by atoms with Gasteiger partial charge in [0.1, 0.15) is 5.82 Å². The Hall–Kier alpha value is -1.07. The van der Waals surface area contributed by atoms with Gasteiger partial charge in [-0.3, -0.25) is 4.79 Å². The zero-order chi connectivity index (χ0) is 12.0. The Labute approximate surface area is 98.1 Å². The summed E-state index contributed by atoms with van der Waals surface area (Å²) < 4.78 is 12.6. The van der Waals surface area contributed by atoms with E-state index in [0.717, 1.165) is 4.90 Å². The van der Waals surface area contributed by atoms with E-state index in [1.165, 1.54) is 23.9 Å². The molecule has 16 heavy (non-hydrogen) atoms. The number of carbonyl (C=O) groups is 1. The summed E-state index contributed by atoms with van der Waals surface area (Å²) in [5, 5.41) is 11.4. The molecule has 0 aliphatic rings. The first-order valence-corrected chi connectivity index (χ1v) is 5.89. The molecule has 1 amide bonds. The van der Waals surface area contributed by atoms with Crippen molar-refractivity contribution in [3.63, 3.8) is 0 Å². The number of hydrogen-bond acceptors (Lipinski definition) is 3. The van der Waals surface area contributed by atoms with Crippen LogP contribution in [0.5, 0.6) is 0 Å². The van der Waals surface area contributed by atoms with Gasteiger partial charge < -0.3 is 10.4 Å². The van der Waals surface area contributed by atoms with E-state index in [-0.39, 0.29) is 30.1 Å². The lowest BCUT2D eigenvalue weighted by Crippen LogP contribution is -2.36. The van der Waals surface area contributed by atoms with E-state index in [1.807, 2.05) is 0 Å². The molecule has 1 rings (SSSR count). The monoisotopic (exact) mass is 243 g/mol. The molecule has 0 radical (unpaired) electrons. The maximum atomic E-state index is 12.6. The van der Waals surface area contributed by atoms with Gasteiger partial charge in [-0.05, 0) is 31.2 Å². The first kappa shape index (κ1) is 13.0. The number of benzene rings is 1. The highest BCUT2D eigenvalue weighted by atomic mass is 32.2. The highest BCUT2D eigenvalue weighted by Gasteiger charge is 2.06. The average Bonchev–Trinajstić information content (AvgIpc) is 2.28. The quantitative estimate of drug-likeness (QED) is 0.769. The molecule has 1 aromatic rings. The molecule has 0 saturated heterocycles. The fraction of sp³-hybridized carbons (Fsp3) is 0.364. The summed E-state index contributed by atoms with van der Waals surface area (Å²) in [7, 11) is 0. The third-order valence-electron chi connectivity index (χ3n) is 1.86. The second-order valence-corrected chi connectivity index (χ2v) is 4.44. The van der Waals surface area contributed by atoms with Crippen molar-refractivity contribution in [1.82, 2.24) is 5.32 Å². The number of rotatable bonds is 5. The van der Waals surface area contributed by atoms with E-state index >= 15 is 0 Å². The fourth-order valence-corrected chi connectivity index (χ4v) is 1.75. The van der Waals surface area contributed by atoms with Crippen molar-refractivity contribution in [2.24, 2.45) is 0 Å². The maximum absolute atomic E-state index is 12.6. The molecule has 0 heterocycles. The van der Waals surface area contributed by atoms with Crippen molar-refractivity contribution in [3.8, 4) is 0 Å². The second kappa shape index (κ2) is 6.50. The molecule has 2 N–H and O–H groups in total. The van der Waals surface area contributed by atoms with Gasteiger partial charge in [0.05, 0.1) is 12.4 Å². The number of thioether (sulfide) groups is 1. The molecule has 0 spiro atoms. The largest absolute Gasteiger partial charge is 0.394 e. The molecule has 0 saturated carbocycles. The molecule has 0 bridgehead atoms. The summed E-state index contributed by atoms with van der Waals surface area (Å²) in [5.41, 5.74) is 0. The van der Waals surface area contributed by atoms with E-state index < -0.39 is 0 Å². The summed E-state index contributed by atoms with van der Waals surface area (Å²) in [5.74, 6) is -0.172. The summed E-state index contributed by atoms with van der Waals surface area (Å²) in [6.07, 6.45) is 0. The molecule has 3 nitrogen and oxygen atoms in total. The predicted molar refractivity (Wildman–Crippen MR) is 61.8 cm³/mol. The van der Waals surface area contributed by atoms with Crippen molar-refractivity contribution in [1.29, 1.82) is 0 Å². The Morgan fingerprint density at radius 1 is 1.50 bits per heavy atom. The third kappa shape index (κ3) is 4.63. The minimum Gasteiger partial charge on any atom is -0.394 e. The summed E-state index contributed by atoms with van der Waals surface area (Å²) in [4.78, 5) is 12.2. The lowest BCUT2D eigenvalue weighted by Gasteiger charge is -2.10. The molecule has 1 aromatic carbocycles. The van der Waals surface area contributed by atoms with Gasteiger partial charge in [0.15, 0.2) is 0 Å². The summed E-state index contributed by atoms with van der Waals surface area (Å²) in [6, 6.07) is 5.74. The number of carbonyl (C=O) groups excluding carboxylic acids is 1. The predicted octanol–water partition coefficient (Wildman–Crippen LogP) is 1.41. The van der Waals surface area contributed by atoms with Crippen molar-refractivity contribution < 1.29 is 14.3 Å². The minimum absolute atomic E-state index is 0.0764. The lowest BCUT2D eigenvalue weighted by atomic mass is 10.3. The molecule has 0 fully saturated rings. The van der Waals surface area contributed by atoms with Crippen LogP contribution in [-0.2, 0) is 4.79 Å². The van der Waals surface area contributed by atoms with Crippen LogP contribution >= 0.6 is 11.8 Å². The Morgan fingerprint density at radius 2 is 2.12 bits per heavy atom. The van der Waals surface area contributed by atoms with E-state index in [0.29, 0.717) is 0 Å². The van der Waals surface area contributed by atoms with Gasteiger partial charge in [-0.1, -0.05) is 0 Å². The Balaban J connectivity index is 2.34. The average molecular weight is 243 g/mol. The number of nitrogens with one attached hydrogen (secondary N) is 1. The zero-order valence-corrected chi connectivity index (χ0v) is 9.76. The van der Waals surface area contributed by atoms with Gasteiger partial charge in [-0.15, -0.1) is 11.8 Å². The SMILES string of the molecule is CC(CO)NC(=O)CSc1ccc(F)cc1. The highest BCUT2D eigenvalue weighted by Crippen LogP contribution is 2.17. The number of halogens is 1. The van der Waals surface area contributed by atoms with E-state index in [1.54, 1.807) is 19.1 Å². The van der Waals surface area contributed by atoms with Crippen LogP contribution in [0.1, 0.15) is 6.92 Å². The standard InChI is InChI=1S/C11H14FNO2S/c1-8(6-14)13-11(15)7-16-10-4-2-9(12)3-5-10/h2-5,8,14H,6-7H2,1H3,(H,13,15). The molecular weight excluding hydrogens is 229 g/mol. The van der Waals surface area contributed by atoms with E-state index in [4.69, 9.17) is 5.11 Å². The minimum atomic E-state index is -0.289. The smallest absolute Gasteiger partial charge is 0.230 e. The van der Waals surface area contributed by atoms with Crippen LogP contribution in [-0.4, -0.2) is 29.4 Å².